The maximum Gasteiger partial charge on any atom is 0.224 e. The molecule has 0 radical (unpaired) electrons. The minimum absolute atomic E-state index is 0.172. The van der Waals surface area contributed by atoms with Crippen LogP contribution in [-0.4, -0.2) is 45.8 Å². The zero-order chi connectivity index (χ0) is 20.9. The lowest BCUT2D eigenvalue weighted by Gasteiger charge is -2.32. The fourth-order valence-corrected chi connectivity index (χ4v) is 4.26. The lowest BCUT2D eigenvalue weighted by molar-refractivity contribution is -0.132. The molecule has 6 nitrogen and oxygen atoms in total. The molecule has 1 amide bonds. The first kappa shape index (κ1) is 20.3. The van der Waals surface area contributed by atoms with Gasteiger partial charge in [-0.2, -0.15) is 5.10 Å². The van der Waals surface area contributed by atoms with Crippen LogP contribution < -0.4 is 4.74 Å². The average molecular weight is 423 g/mol. The Hall–Kier alpha value is -2.93. The molecule has 0 spiro atoms. The van der Waals surface area contributed by atoms with Gasteiger partial charge in [-0.25, -0.2) is 0 Å². The van der Waals surface area contributed by atoms with E-state index >= 15 is 0 Å². The Morgan fingerprint density at radius 2 is 1.83 bits per heavy atom. The maximum absolute atomic E-state index is 12.8. The molecule has 1 aliphatic rings. The number of carbonyl (C=O) groups excluding carboxylic acids is 1. The molecule has 0 aliphatic carbocycles. The Kier molecular flexibility index (Phi) is 6.28. The molecule has 2 heterocycles. The van der Waals surface area contributed by atoms with Crippen molar-refractivity contribution in [2.45, 2.75) is 31.7 Å². The number of hydrogen-bond donors (Lipinski definition) is 1. The first-order valence-corrected chi connectivity index (χ1v) is 10.7. The number of methoxy groups -OCH3 is 1. The van der Waals surface area contributed by atoms with Crippen molar-refractivity contribution in [1.29, 1.82) is 0 Å². The van der Waals surface area contributed by atoms with Gasteiger partial charge in [-0.15, -0.1) is 0 Å². The zero-order valence-corrected chi connectivity index (χ0v) is 17.9. The number of hydrogen-bond acceptors (Lipinski definition) is 4. The molecule has 1 aromatic heterocycles. The van der Waals surface area contributed by atoms with Gasteiger partial charge >= 0.3 is 0 Å². The Bertz CT molecular complexity index is 1040. The van der Waals surface area contributed by atoms with Crippen LogP contribution in [0.25, 0.3) is 11.4 Å². The SMILES string of the molecule is COc1ccc(-c2n[nH]c(=S)n2CCC(=O)N2CCC(c3ccccc3)CC2)cc1. The van der Waals surface area contributed by atoms with E-state index in [0.29, 0.717) is 23.7 Å². The molecule has 7 heteroatoms. The van der Waals surface area contributed by atoms with Crippen LogP contribution in [0.2, 0.25) is 0 Å². The number of benzene rings is 2. The Morgan fingerprint density at radius 3 is 2.50 bits per heavy atom. The van der Waals surface area contributed by atoms with Crippen LogP contribution in [0.5, 0.6) is 5.75 Å². The summed E-state index contributed by atoms with van der Waals surface area (Å²) in [5.74, 6) is 2.23. The van der Waals surface area contributed by atoms with Gasteiger partial charge in [0.2, 0.25) is 5.91 Å². The first-order valence-electron chi connectivity index (χ1n) is 10.3. The fraction of sp³-hybridized carbons (Fsp3) is 0.348. The van der Waals surface area contributed by atoms with E-state index < -0.39 is 0 Å². The number of likely N-dealkylation sites (tertiary alicyclic amines) is 1. The van der Waals surface area contributed by atoms with Crippen LogP contribution in [0.3, 0.4) is 0 Å². The zero-order valence-electron chi connectivity index (χ0n) is 17.1. The van der Waals surface area contributed by atoms with Crippen molar-refractivity contribution in [1.82, 2.24) is 19.7 Å². The number of nitrogens with one attached hydrogen (secondary N) is 1. The highest BCUT2D eigenvalue weighted by molar-refractivity contribution is 7.71. The smallest absolute Gasteiger partial charge is 0.224 e. The lowest BCUT2D eigenvalue weighted by Crippen LogP contribution is -2.38. The van der Waals surface area contributed by atoms with E-state index in [1.165, 1.54) is 5.56 Å². The Balaban J connectivity index is 1.37. The fourth-order valence-electron chi connectivity index (χ4n) is 4.04. The van der Waals surface area contributed by atoms with Crippen molar-refractivity contribution in [3.8, 4) is 17.1 Å². The summed E-state index contributed by atoms with van der Waals surface area (Å²) >= 11 is 5.39. The van der Waals surface area contributed by atoms with Crippen LogP contribution in [0.1, 0.15) is 30.7 Å². The van der Waals surface area contributed by atoms with Crippen molar-refractivity contribution in [3.63, 3.8) is 0 Å². The predicted molar refractivity (Wildman–Crippen MR) is 119 cm³/mol. The molecule has 1 N–H and O–H groups in total. The third kappa shape index (κ3) is 4.46. The molecule has 1 saturated heterocycles. The van der Waals surface area contributed by atoms with Gasteiger partial charge in [-0.1, -0.05) is 30.3 Å². The van der Waals surface area contributed by atoms with E-state index in [1.54, 1.807) is 7.11 Å². The van der Waals surface area contributed by atoms with E-state index in [2.05, 4.69) is 34.5 Å². The van der Waals surface area contributed by atoms with E-state index in [4.69, 9.17) is 17.0 Å². The maximum atomic E-state index is 12.8. The Labute approximate surface area is 181 Å². The van der Waals surface area contributed by atoms with E-state index in [0.717, 1.165) is 43.1 Å². The molecular weight excluding hydrogens is 396 g/mol. The number of H-pyrrole nitrogens is 1. The molecule has 1 fully saturated rings. The van der Waals surface area contributed by atoms with Gasteiger partial charge in [-0.05, 0) is 60.8 Å². The second kappa shape index (κ2) is 9.26. The van der Waals surface area contributed by atoms with Gasteiger partial charge in [0, 0.05) is 31.6 Å². The normalized spacial score (nSPS) is 14.6. The predicted octanol–water partition coefficient (Wildman–Crippen LogP) is 4.41. The van der Waals surface area contributed by atoms with Crippen LogP contribution in [0, 0.1) is 4.77 Å². The second-order valence-corrected chi connectivity index (χ2v) is 7.93. The molecule has 3 aromatic rings. The monoisotopic (exact) mass is 422 g/mol. The molecule has 1 aliphatic heterocycles. The van der Waals surface area contributed by atoms with E-state index in [-0.39, 0.29) is 5.91 Å². The van der Waals surface area contributed by atoms with Gasteiger partial charge in [0.15, 0.2) is 10.6 Å². The highest BCUT2D eigenvalue weighted by Gasteiger charge is 2.23. The number of nitrogens with zero attached hydrogens (tertiary/aromatic N) is 3. The molecule has 0 atom stereocenters. The van der Waals surface area contributed by atoms with Crippen molar-refractivity contribution in [3.05, 3.63) is 64.9 Å². The summed E-state index contributed by atoms with van der Waals surface area (Å²) in [4.78, 5) is 14.8. The third-order valence-electron chi connectivity index (χ3n) is 5.77. The molecule has 0 saturated carbocycles. The largest absolute Gasteiger partial charge is 0.497 e. The van der Waals surface area contributed by atoms with Gasteiger partial charge in [0.05, 0.1) is 7.11 Å². The molecule has 0 unspecified atom stereocenters. The summed E-state index contributed by atoms with van der Waals surface area (Å²) in [7, 11) is 1.64. The number of aromatic nitrogens is 3. The summed E-state index contributed by atoms with van der Waals surface area (Å²) in [6.07, 6.45) is 2.43. The topological polar surface area (TPSA) is 63.1 Å². The van der Waals surface area contributed by atoms with Crippen molar-refractivity contribution < 1.29 is 9.53 Å². The third-order valence-corrected chi connectivity index (χ3v) is 6.09. The summed E-state index contributed by atoms with van der Waals surface area (Å²) in [5.41, 5.74) is 2.30. The highest BCUT2D eigenvalue weighted by atomic mass is 32.1. The summed E-state index contributed by atoms with van der Waals surface area (Å²) in [6, 6.07) is 18.2. The van der Waals surface area contributed by atoms with Crippen LogP contribution in [0.4, 0.5) is 0 Å². The minimum Gasteiger partial charge on any atom is -0.497 e. The highest BCUT2D eigenvalue weighted by Crippen LogP contribution is 2.28. The quantitative estimate of drug-likeness (QED) is 0.598. The van der Waals surface area contributed by atoms with Gasteiger partial charge in [-0.3, -0.25) is 14.5 Å². The number of amides is 1. The summed E-state index contributed by atoms with van der Waals surface area (Å²) < 4.78 is 7.64. The number of piperidine rings is 1. The van der Waals surface area contributed by atoms with Crippen molar-refractivity contribution in [2.24, 2.45) is 0 Å². The van der Waals surface area contributed by atoms with Crippen molar-refractivity contribution in [2.75, 3.05) is 20.2 Å². The van der Waals surface area contributed by atoms with Crippen molar-refractivity contribution >= 4 is 18.1 Å². The number of carbonyl (C=O) groups is 1. The lowest BCUT2D eigenvalue weighted by atomic mass is 9.89. The number of rotatable bonds is 6. The van der Waals surface area contributed by atoms with E-state index in [1.807, 2.05) is 39.8 Å². The molecule has 156 valence electrons. The first-order chi connectivity index (χ1) is 14.7. The Morgan fingerprint density at radius 1 is 1.13 bits per heavy atom. The van der Waals surface area contributed by atoms with Gasteiger partial charge in [0.1, 0.15) is 5.75 Å². The standard InChI is InChI=1S/C23H26N4O2S/c1-29-20-9-7-19(8-10-20)22-24-25-23(30)27(22)16-13-21(28)26-14-11-18(12-15-26)17-5-3-2-4-6-17/h2-10,18H,11-16H2,1H3,(H,25,30). The van der Waals surface area contributed by atoms with Crippen LogP contribution >= 0.6 is 12.2 Å². The van der Waals surface area contributed by atoms with Crippen LogP contribution in [0.15, 0.2) is 54.6 Å². The molecule has 0 bridgehead atoms. The second-order valence-electron chi connectivity index (χ2n) is 7.55. The minimum atomic E-state index is 0.172. The average Bonchev–Trinajstić information content (AvgIpc) is 3.18. The summed E-state index contributed by atoms with van der Waals surface area (Å²) in [6.45, 7) is 2.12. The summed E-state index contributed by atoms with van der Waals surface area (Å²) in [5, 5.41) is 7.21. The van der Waals surface area contributed by atoms with Gasteiger partial charge in [0.25, 0.3) is 0 Å². The molecule has 2 aromatic carbocycles. The molecular formula is C23H26N4O2S. The number of aromatic amines is 1. The number of ether oxygens (including phenoxy) is 1. The van der Waals surface area contributed by atoms with Crippen LogP contribution in [-0.2, 0) is 11.3 Å². The van der Waals surface area contributed by atoms with Gasteiger partial charge < -0.3 is 9.64 Å². The van der Waals surface area contributed by atoms with E-state index in [9.17, 15) is 4.79 Å². The molecule has 30 heavy (non-hydrogen) atoms. The molecule has 4 rings (SSSR count).